The van der Waals surface area contributed by atoms with Crippen molar-refractivity contribution in [3.05, 3.63) is 0 Å². The maximum Gasteiger partial charge on any atom is 0.317 e. The molecule has 0 spiro atoms. The lowest BCUT2D eigenvalue weighted by atomic mass is 9.84. The third kappa shape index (κ3) is 5.94. The van der Waals surface area contributed by atoms with E-state index in [-0.39, 0.29) is 24.7 Å². The average molecular weight is 341 g/mol. The van der Waals surface area contributed by atoms with Gasteiger partial charge < -0.3 is 20.1 Å². The number of hydrogen-bond acceptors (Lipinski definition) is 4. The molecule has 1 saturated carbocycles. The van der Waals surface area contributed by atoms with E-state index in [2.05, 4.69) is 12.2 Å². The van der Waals surface area contributed by atoms with Gasteiger partial charge in [-0.2, -0.15) is 0 Å². The molecule has 1 saturated heterocycles. The van der Waals surface area contributed by atoms with Gasteiger partial charge in [0.1, 0.15) is 0 Å². The predicted octanol–water partition coefficient (Wildman–Crippen LogP) is 1.38. The highest BCUT2D eigenvalue weighted by Crippen LogP contribution is 2.26. The minimum Gasteiger partial charge on any atom is -0.480 e. The van der Waals surface area contributed by atoms with Crippen molar-refractivity contribution in [2.24, 2.45) is 5.92 Å². The summed E-state index contributed by atoms with van der Waals surface area (Å²) >= 11 is 0. The van der Waals surface area contributed by atoms with Crippen molar-refractivity contribution in [3.8, 4) is 0 Å². The Balaban J connectivity index is 1.77. The number of carboxylic acids is 1. The molecule has 0 aromatic rings. The molecule has 7 nitrogen and oxygen atoms in total. The van der Waals surface area contributed by atoms with Gasteiger partial charge in [0, 0.05) is 25.7 Å². The summed E-state index contributed by atoms with van der Waals surface area (Å²) in [4.78, 5) is 26.8. The summed E-state index contributed by atoms with van der Waals surface area (Å²) < 4.78 is 5.68. The van der Waals surface area contributed by atoms with Crippen LogP contribution in [0.2, 0.25) is 0 Å². The van der Waals surface area contributed by atoms with Crippen molar-refractivity contribution >= 4 is 12.0 Å². The normalized spacial score (nSPS) is 24.0. The Morgan fingerprint density at radius 3 is 2.71 bits per heavy atom. The molecule has 1 aliphatic carbocycles. The van der Waals surface area contributed by atoms with Gasteiger partial charge >= 0.3 is 12.0 Å². The van der Waals surface area contributed by atoms with Crippen LogP contribution in [0.15, 0.2) is 0 Å². The van der Waals surface area contributed by atoms with Crippen LogP contribution < -0.4 is 5.32 Å². The number of morpholine rings is 1. The summed E-state index contributed by atoms with van der Waals surface area (Å²) in [7, 11) is 1.75. The molecule has 7 heteroatoms. The molecule has 1 heterocycles. The van der Waals surface area contributed by atoms with E-state index in [1.807, 2.05) is 0 Å². The van der Waals surface area contributed by atoms with E-state index in [1.165, 1.54) is 32.1 Å². The van der Waals surface area contributed by atoms with E-state index in [1.54, 1.807) is 16.8 Å². The molecule has 2 unspecified atom stereocenters. The van der Waals surface area contributed by atoms with Crippen LogP contribution in [-0.2, 0) is 9.53 Å². The van der Waals surface area contributed by atoms with Crippen molar-refractivity contribution in [1.29, 1.82) is 0 Å². The predicted molar refractivity (Wildman–Crippen MR) is 91.0 cm³/mol. The zero-order valence-corrected chi connectivity index (χ0v) is 14.9. The Hall–Kier alpha value is -1.34. The lowest BCUT2D eigenvalue weighted by Crippen LogP contribution is -2.54. The van der Waals surface area contributed by atoms with E-state index in [4.69, 9.17) is 9.84 Å². The molecule has 1 aliphatic heterocycles. The number of nitrogens with one attached hydrogen (secondary N) is 1. The van der Waals surface area contributed by atoms with Crippen LogP contribution in [0.25, 0.3) is 0 Å². The third-order valence-corrected chi connectivity index (χ3v) is 5.05. The molecule has 0 bridgehead atoms. The second-order valence-corrected chi connectivity index (χ2v) is 7.17. The number of amides is 2. The summed E-state index contributed by atoms with van der Waals surface area (Å²) in [5, 5.41) is 12.0. The quantitative estimate of drug-likeness (QED) is 0.763. The van der Waals surface area contributed by atoms with Gasteiger partial charge in [-0.3, -0.25) is 9.69 Å². The topological polar surface area (TPSA) is 82.1 Å². The molecule has 2 atom stereocenters. The zero-order valence-electron chi connectivity index (χ0n) is 14.9. The van der Waals surface area contributed by atoms with Crippen molar-refractivity contribution in [2.45, 2.75) is 51.2 Å². The van der Waals surface area contributed by atoms with E-state index in [0.717, 1.165) is 0 Å². The average Bonchev–Trinajstić information content (AvgIpc) is 2.55. The Kier molecular flexibility index (Phi) is 7.30. The maximum atomic E-state index is 12.5. The van der Waals surface area contributed by atoms with E-state index >= 15 is 0 Å². The Morgan fingerprint density at radius 2 is 2.04 bits per heavy atom. The number of rotatable bonds is 6. The van der Waals surface area contributed by atoms with Gasteiger partial charge in [-0.25, -0.2) is 4.79 Å². The SMILES string of the molecule is CC(NC(=O)N1CCOC(CN(C)CC(=O)O)C1)C1CCCCC1. The van der Waals surface area contributed by atoms with E-state index in [9.17, 15) is 9.59 Å². The van der Waals surface area contributed by atoms with Crippen molar-refractivity contribution in [1.82, 2.24) is 15.1 Å². The van der Waals surface area contributed by atoms with E-state index < -0.39 is 5.97 Å². The first kappa shape index (κ1) is 19.0. The molecule has 2 rings (SSSR count). The minimum atomic E-state index is -0.857. The summed E-state index contributed by atoms with van der Waals surface area (Å²) in [6, 6.07) is 0.177. The van der Waals surface area contributed by atoms with Gasteiger partial charge in [-0.1, -0.05) is 19.3 Å². The standard InChI is InChI=1S/C17H31N3O4/c1-13(14-6-4-3-5-7-14)18-17(23)20-8-9-24-15(11-20)10-19(2)12-16(21)22/h13-15H,3-12H2,1-2H3,(H,18,23)(H,21,22). The van der Waals surface area contributed by atoms with Gasteiger partial charge in [0.15, 0.2) is 0 Å². The van der Waals surface area contributed by atoms with Crippen molar-refractivity contribution < 1.29 is 19.4 Å². The zero-order chi connectivity index (χ0) is 17.5. The second kappa shape index (κ2) is 9.22. The third-order valence-electron chi connectivity index (χ3n) is 5.05. The first-order chi connectivity index (χ1) is 11.5. The number of hydrogen-bond donors (Lipinski definition) is 2. The highest BCUT2D eigenvalue weighted by Gasteiger charge is 2.28. The lowest BCUT2D eigenvalue weighted by molar-refractivity contribution is -0.138. The van der Waals surface area contributed by atoms with Crippen LogP contribution in [0.4, 0.5) is 4.79 Å². The molecule has 2 fully saturated rings. The van der Waals surface area contributed by atoms with Crippen LogP contribution in [0.3, 0.4) is 0 Å². The summed E-state index contributed by atoms with van der Waals surface area (Å²) in [5.74, 6) is -0.273. The van der Waals surface area contributed by atoms with Crippen molar-refractivity contribution in [3.63, 3.8) is 0 Å². The lowest BCUT2D eigenvalue weighted by Gasteiger charge is -2.36. The van der Waals surface area contributed by atoms with Crippen LogP contribution in [0, 0.1) is 5.92 Å². The smallest absolute Gasteiger partial charge is 0.317 e. The molecule has 2 amide bonds. The molecule has 138 valence electrons. The number of nitrogens with zero attached hydrogens (tertiary/aromatic N) is 2. The van der Waals surface area contributed by atoms with Crippen LogP contribution in [0.1, 0.15) is 39.0 Å². The number of carbonyl (C=O) groups excluding carboxylic acids is 1. The fourth-order valence-electron chi connectivity index (χ4n) is 3.70. The fourth-order valence-corrected chi connectivity index (χ4v) is 3.70. The highest BCUT2D eigenvalue weighted by atomic mass is 16.5. The minimum absolute atomic E-state index is 0.0230. The Labute approximate surface area is 144 Å². The fraction of sp³-hybridized carbons (Fsp3) is 0.882. The van der Waals surface area contributed by atoms with Gasteiger partial charge in [0.2, 0.25) is 0 Å². The molecule has 2 aliphatic rings. The number of urea groups is 1. The highest BCUT2D eigenvalue weighted by molar-refractivity contribution is 5.74. The van der Waals surface area contributed by atoms with Crippen LogP contribution in [-0.4, -0.2) is 78.9 Å². The van der Waals surface area contributed by atoms with Crippen molar-refractivity contribution in [2.75, 3.05) is 39.8 Å². The number of ether oxygens (including phenoxy) is 1. The maximum absolute atomic E-state index is 12.5. The van der Waals surface area contributed by atoms with Crippen LogP contribution in [0.5, 0.6) is 0 Å². The number of likely N-dealkylation sites (N-methyl/N-ethyl adjacent to an activating group) is 1. The molecule has 0 radical (unpaired) electrons. The number of aliphatic carboxylic acids is 1. The monoisotopic (exact) mass is 341 g/mol. The largest absolute Gasteiger partial charge is 0.480 e. The Bertz CT molecular complexity index is 426. The first-order valence-corrected chi connectivity index (χ1v) is 9.03. The summed E-state index contributed by atoms with van der Waals surface area (Å²) in [5.41, 5.74) is 0. The Morgan fingerprint density at radius 1 is 1.33 bits per heavy atom. The molecule has 0 aromatic carbocycles. The molecular formula is C17H31N3O4. The number of carboxylic acid groups (broad SMARTS) is 1. The van der Waals surface area contributed by atoms with Gasteiger partial charge in [0.25, 0.3) is 0 Å². The summed E-state index contributed by atoms with van der Waals surface area (Å²) in [6.07, 6.45) is 6.10. The van der Waals surface area contributed by atoms with Gasteiger partial charge in [0.05, 0.1) is 19.3 Å². The molecule has 2 N–H and O–H groups in total. The molecule has 0 aromatic heterocycles. The number of carbonyl (C=O) groups is 2. The van der Waals surface area contributed by atoms with Gasteiger partial charge in [-0.05, 0) is 32.7 Å². The second-order valence-electron chi connectivity index (χ2n) is 7.17. The molecule has 24 heavy (non-hydrogen) atoms. The van der Waals surface area contributed by atoms with E-state index in [0.29, 0.717) is 32.2 Å². The summed E-state index contributed by atoms with van der Waals surface area (Å²) in [6.45, 7) is 4.18. The van der Waals surface area contributed by atoms with Crippen LogP contribution >= 0.6 is 0 Å². The first-order valence-electron chi connectivity index (χ1n) is 9.03. The molecular weight excluding hydrogens is 310 g/mol. The van der Waals surface area contributed by atoms with Gasteiger partial charge in [-0.15, -0.1) is 0 Å².